The first-order valence-electron chi connectivity index (χ1n) is 10.2. The number of nitrogens with zero attached hydrogens (tertiary/aromatic N) is 4. The summed E-state index contributed by atoms with van der Waals surface area (Å²) >= 11 is 0. The molecule has 3 atom stereocenters. The van der Waals surface area contributed by atoms with Crippen molar-refractivity contribution >= 4 is 11.9 Å². The van der Waals surface area contributed by atoms with E-state index in [9.17, 15) is 9.90 Å². The summed E-state index contributed by atoms with van der Waals surface area (Å²) < 4.78 is 5.53. The number of piperidine rings is 1. The van der Waals surface area contributed by atoms with Gasteiger partial charge in [0.2, 0.25) is 11.9 Å². The molecule has 0 radical (unpaired) electrons. The van der Waals surface area contributed by atoms with E-state index in [4.69, 9.17) is 4.74 Å². The fourth-order valence-electron chi connectivity index (χ4n) is 5.16. The summed E-state index contributed by atoms with van der Waals surface area (Å²) in [5, 5.41) is 9.66. The predicted octanol–water partition coefficient (Wildman–Crippen LogP) is 1.61. The van der Waals surface area contributed by atoms with E-state index < -0.39 is 5.60 Å². The lowest BCUT2D eigenvalue weighted by atomic mass is 9.84. The molecule has 1 N–H and O–H groups in total. The van der Waals surface area contributed by atoms with Gasteiger partial charge in [0.05, 0.1) is 12.2 Å². The fourth-order valence-corrected chi connectivity index (χ4v) is 5.16. The highest BCUT2D eigenvalue weighted by Crippen LogP contribution is 2.42. The molecule has 7 nitrogen and oxygen atoms in total. The van der Waals surface area contributed by atoms with Crippen LogP contribution in [0.5, 0.6) is 0 Å². The van der Waals surface area contributed by atoms with Gasteiger partial charge in [-0.1, -0.05) is 12.8 Å². The van der Waals surface area contributed by atoms with Crippen LogP contribution in [0.3, 0.4) is 0 Å². The average Bonchev–Trinajstić information content (AvgIpc) is 3.13. The molecule has 1 saturated carbocycles. The molecule has 1 aromatic heterocycles. The van der Waals surface area contributed by atoms with Crippen LogP contribution in [0.25, 0.3) is 0 Å². The van der Waals surface area contributed by atoms with Crippen LogP contribution < -0.4 is 4.90 Å². The van der Waals surface area contributed by atoms with Gasteiger partial charge in [0.15, 0.2) is 0 Å². The molecular formula is C20H30N4O3. The summed E-state index contributed by atoms with van der Waals surface area (Å²) in [5.41, 5.74) is -0.497. The van der Waals surface area contributed by atoms with Gasteiger partial charge in [0, 0.05) is 38.6 Å². The zero-order valence-electron chi connectivity index (χ0n) is 16.1. The van der Waals surface area contributed by atoms with Crippen LogP contribution in [0.1, 0.15) is 44.9 Å². The van der Waals surface area contributed by atoms with Gasteiger partial charge in [-0.25, -0.2) is 9.97 Å². The summed E-state index contributed by atoms with van der Waals surface area (Å²) in [6, 6.07) is 2.01. The lowest BCUT2D eigenvalue weighted by Crippen LogP contribution is -2.54. The number of likely N-dealkylation sites (tertiary alicyclic amines) is 1. The summed E-state index contributed by atoms with van der Waals surface area (Å²) in [5.74, 6) is 1.42. The molecule has 0 bridgehead atoms. The highest BCUT2D eigenvalue weighted by atomic mass is 16.5. The van der Waals surface area contributed by atoms with E-state index in [0.717, 1.165) is 12.8 Å². The fraction of sp³-hybridized carbons (Fsp3) is 0.750. The van der Waals surface area contributed by atoms with E-state index in [-0.39, 0.29) is 18.6 Å². The van der Waals surface area contributed by atoms with E-state index in [1.54, 1.807) is 19.5 Å². The lowest BCUT2D eigenvalue weighted by molar-refractivity contribution is -0.140. The molecule has 3 fully saturated rings. The van der Waals surface area contributed by atoms with E-state index in [1.165, 1.54) is 19.3 Å². The number of ether oxygens (including phenoxy) is 1. The number of aliphatic hydroxyl groups is 1. The smallest absolute Gasteiger partial charge is 0.245 e. The normalized spacial score (nSPS) is 30.2. The van der Waals surface area contributed by atoms with Crippen LogP contribution in [0.4, 0.5) is 5.95 Å². The Kier molecular flexibility index (Phi) is 5.32. The summed E-state index contributed by atoms with van der Waals surface area (Å²) in [7, 11) is 1.64. The highest BCUT2D eigenvalue weighted by Gasteiger charge is 2.48. The maximum Gasteiger partial charge on any atom is 0.245 e. The first-order chi connectivity index (χ1) is 13.2. The van der Waals surface area contributed by atoms with Crippen molar-refractivity contribution in [2.45, 2.75) is 62.6 Å². The van der Waals surface area contributed by atoms with Gasteiger partial charge in [-0.05, 0) is 44.1 Å². The van der Waals surface area contributed by atoms with Crippen molar-refractivity contribution in [1.82, 2.24) is 14.9 Å². The van der Waals surface area contributed by atoms with Crippen LogP contribution in [0, 0.1) is 5.92 Å². The number of carbonyl (C=O) groups is 1. The molecule has 1 amide bonds. The number of amides is 1. The van der Waals surface area contributed by atoms with Gasteiger partial charge >= 0.3 is 0 Å². The number of carbonyl (C=O) groups excluding carboxylic acids is 1. The molecule has 2 saturated heterocycles. The quantitative estimate of drug-likeness (QED) is 0.863. The van der Waals surface area contributed by atoms with Crippen molar-refractivity contribution in [3.8, 4) is 0 Å². The molecule has 1 aliphatic carbocycles. The minimum absolute atomic E-state index is 0.00306. The molecule has 7 heteroatoms. The number of methoxy groups -OCH3 is 1. The van der Waals surface area contributed by atoms with Gasteiger partial charge in [0.1, 0.15) is 6.04 Å². The molecule has 1 aromatic rings. The Labute approximate surface area is 160 Å². The minimum atomic E-state index is -0.497. The molecule has 0 unspecified atom stereocenters. The Morgan fingerprint density at radius 3 is 2.63 bits per heavy atom. The van der Waals surface area contributed by atoms with Gasteiger partial charge in [-0.15, -0.1) is 0 Å². The van der Waals surface area contributed by atoms with Crippen LogP contribution in [-0.4, -0.2) is 70.4 Å². The van der Waals surface area contributed by atoms with Crippen molar-refractivity contribution in [1.29, 1.82) is 0 Å². The van der Waals surface area contributed by atoms with Crippen LogP contribution in [0.2, 0.25) is 0 Å². The summed E-state index contributed by atoms with van der Waals surface area (Å²) in [4.78, 5) is 26.5. The molecule has 148 valence electrons. The van der Waals surface area contributed by atoms with E-state index in [1.807, 2.05) is 11.0 Å². The molecule has 0 aromatic carbocycles. The standard InChI is InChI=1S/C20H30N4O3/c1-27-20(14-25)7-11-23(12-8-20)18(26)17-13-15-5-2-3-6-16(15)24(17)19-21-9-4-10-22-19/h4,9-10,15-17,25H,2-3,5-8,11-14H2,1H3/t15-,16+,17-/m0/s1. The zero-order chi connectivity index (χ0) is 18.9. The maximum atomic E-state index is 13.4. The van der Waals surface area contributed by atoms with Crippen molar-refractivity contribution in [2.24, 2.45) is 5.92 Å². The minimum Gasteiger partial charge on any atom is -0.393 e. The largest absolute Gasteiger partial charge is 0.393 e. The number of rotatable bonds is 4. The third-order valence-electron chi connectivity index (χ3n) is 6.86. The van der Waals surface area contributed by atoms with Crippen LogP contribution >= 0.6 is 0 Å². The Balaban J connectivity index is 1.53. The third kappa shape index (κ3) is 3.43. The maximum absolute atomic E-state index is 13.4. The van der Waals surface area contributed by atoms with Crippen LogP contribution in [-0.2, 0) is 9.53 Å². The number of fused-ring (bicyclic) bond motifs is 1. The molecule has 27 heavy (non-hydrogen) atoms. The SMILES string of the molecule is COC1(CO)CCN(C(=O)[C@@H]2C[C@@H]3CCCC[C@H]3N2c2ncccn2)CC1. The van der Waals surface area contributed by atoms with E-state index >= 15 is 0 Å². The second-order valence-corrected chi connectivity index (χ2v) is 8.19. The number of anilines is 1. The predicted molar refractivity (Wildman–Crippen MR) is 101 cm³/mol. The molecule has 0 spiro atoms. The topological polar surface area (TPSA) is 78.8 Å². The first-order valence-corrected chi connectivity index (χ1v) is 10.2. The molecular weight excluding hydrogens is 344 g/mol. The summed E-state index contributed by atoms with van der Waals surface area (Å²) in [6.45, 7) is 1.26. The second-order valence-electron chi connectivity index (χ2n) is 8.19. The lowest BCUT2D eigenvalue weighted by Gasteiger charge is -2.41. The molecule has 4 rings (SSSR count). The van der Waals surface area contributed by atoms with Gasteiger partial charge < -0.3 is 19.6 Å². The average molecular weight is 374 g/mol. The number of aliphatic hydroxyl groups excluding tert-OH is 1. The Morgan fingerprint density at radius 1 is 1.26 bits per heavy atom. The Hall–Kier alpha value is -1.73. The molecule has 2 aliphatic heterocycles. The number of aromatic nitrogens is 2. The number of hydrogen-bond donors (Lipinski definition) is 1. The van der Waals surface area contributed by atoms with Gasteiger partial charge in [0.25, 0.3) is 0 Å². The van der Waals surface area contributed by atoms with Crippen molar-refractivity contribution in [3.05, 3.63) is 18.5 Å². The molecule has 3 aliphatic rings. The van der Waals surface area contributed by atoms with Crippen molar-refractivity contribution in [2.75, 3.05) is 31.7 Å². The van der Waals surface area contributed by atoms with Crippen molar-refractivity contribution in [3.63, 3.8) is 0 Å². The monoisotopic (exact) mass is 374 g/mol. The first kappa shape index (κ1) is 18.6. The zero-order valence-corrected chi connectivity index (χ0v) is 16.1. The molecule has 3 heterocycles. The third-order valence-corrected chi connectivity index (χ3v) is 6.86. The van der Waals surface area contributed by atoms with E-state index in [2.05, 4.69) is 14.9 Å². The Morgan fingerprint density at radius 2 is 1.96 bits per heavy atom. The number of hydrogen-bond acceptors (Lipinski definition) is 6. The van der Waals surface area contributed by atoms with Gasteiger partial charge in [-0.2, -0.15) is 0 Å². The van der Waals surface area contributed by atoms with Gasteiger partial charge in [-0.3, -0.25) is 4.79 Å². The Bertz CT molecular complexity index is 642. The summed E-state index contributed by atoms with van der Waals surface area (Å²) in [6.07, 6.45) is 10.5. The van der Waals surface area contributed by atoms with Crippen LogP contribution in [0.15, 0.2) is 18.5 Å². The van der Waals surface area contributed by atoms with Crippen molar-refractivity contribution < 1.29 is 14.6 Å². The highest BCUT2D eigenvalue weighted by molar-refractivity contribution is 5.86. The van der Waals surface area contributed by atoms with E-state index in [0.29, 0.717) is 43.8 Å². The second kappa shape index (κ2) is 7.72.